The molecule has 1 saturated heterocycles. The summed E-state index contributed by atoms with van der Waals surface area (Å²) in [6.45, 7) is 6.35. The van der Waals surface area contributed by atoms with Gasteiger partial charge in [-0.15, -0.1) is 0 Å². The summed E-state index contributed by atoms with van der Waals surface area (Å²) in [5.74, 6) is -0.742. The molecule has 1 unspecified atom stereocenters. The lowest BCUT2D eigenvalue weighted by atomic mass is 10.1. The Kier molecular flexibility index (Phi) is 5.88. The number of fused-ring (bicyclic) bond motifs is 3. The fourth-order valence-electron chi connectivity index (χ4n) is 4.88. The van der Waals surface area contributed by atoms with E-state index >= 15 is 0 Å². The minimum absolute atomic E-state index is 0.128. The van der Waals surface area contributed by atoms with Crippen molar-refractivity contribution in [3.63, 3.8) is 0 Å². The van der Waals surface area contributed by atoms with Crippen LogP contribution >= 0.6 is 0 Å². The molecule has 0 aliphatic carbocycles. The third-order valence-electron chi connectivity index (χ3n) is 6.36. The third-order valence-corrected chi connectivity index (χ3v) is 6.36. The normalized spacial score (nSPS) is 18.5. The van der Waals surface area contributed by atoms with E-state index < -0.39 is 5.97 Å². The third kappa shape index (κ3) is 4.16. The molecule has 5 heteroatoms. The molecule has 0 saturated carbocycles. The van der Waals surface area contributed by atoms with Crippen LogP contribution in [0, 0.1) is 0 Å². The summed E-state index contributed by atoms with van der Waals surface area (Å²) in [4.78, 5) is 15.5. The molecule has 0 radical (unpaired) electrons. The van der Waals surface area contributed by atoms with E-state index in [0.29, 0.717) is 6.04 Å². The molecular weight excluding hydrogens is 362 g/mol. The number of carboxylic acid groups (broad SMARTS) is 1. The smallest absolute Gasteiger partial charge is 0.317 e. The first-order chi connectivity index (χ1) is 14.1. The molecule has 1 aromatic heterocycles. The Hall–Kier alpha value is -2.37. The Balaban J connectivity index is 1.51. The standard InChI is InChI=1S/C24H31N3O2/c1-3-27-22-9-5-4-8-20(22)21-15-18(10-11-23(21)27)16-26-13-6-7-19(12-14-26)25(2)17-24(28)29/h4-5,8-11,15,19H,3,6-7,12-14,16-17H2,1-2H3,(H,28,29). The highest BCUT2D eigenvalue weighted by atomic mass is 16.4. The van der Waals surface area contributed by atoms with E-state index in [-0.39, 0.29) is 6.54 Å². The van der Waals surface area contributed by atoms with Crippen LogP contribution in [0.5, 0.6) is 0 Å². The lowest BCUT2D eigenvalue weighted by molar-refractivity contribution is -0.138. The number of carbonyl (C=O) groups is 1. The van der Waals surface area contributed by atoms with Crippen molar-refractivity contribution >= 4 is 27.8 Å². The molecule has 1 aliphatic heterocycles. The second-order valence-corrected chi connectivity index (χ2v) is 8.28. The van der Waals surface area contributed by atoms with Gasteiger partial charge in [0, 0.05) is 40.9 Å². The van der Waals surface area contributed by atoms with Crippen molar-refractivity contribution in [2.24, 2.45) is 0 Å². The van der Waals surface area contributed by atoms with Crippen LogP contribution < -0.4 is 0 Å². The summed E-state index contributed by atoms with van der Waals surface area (Å²) in [6, 6.07) is 15.9. The zero-order valence-corrected chi connectivity index (χ0v) is 17.5. The lowest BCUT2D eigenvalue weighted by Gasteiger charge is -2.25. The Labute approximate surface area is 172 Å². The molecule has 0 bridgehead atoms. The predicted octanol–water partition coefficient (Wildman–Crippen LogP) is 4.19. The summed E-state index contributed by atoms with van der Waals surface area (Å²) in [5.41, 5.74) is 3.97. The van der Waals surface area contributed by atoms with Crippen LogP contribution in [0.25, 0.3) is 21.8 Å². The molecule has 3 aromatic rings. The first-order valence-corrected chi connectivity index (χ1v) is 10.7. The van der Waals surface area contributed by atoms with Crippen LogP contribution in [0.15, 0.2) is 42.5 Å². The van der Waals surface area contributed by atoms with E-state index in [9.17, 15) is 4.79 Å². The molecule has 1 N–H and O–H groups in total. The number of rotatable bonds is 6. The summed E-state index contributed by atoms with van der Waals surface area (Å²) < 4.78 is 2.39. The van der Waals surface area contributed by atoms with Crippen LogP contribution in [0.3, 0.4) is 0 Å². The van der Waals surface area contributed by atoms with E-state index in [2.05, 4.69) is 58.9 Å². The lowest BCUT2D eigenvalue weighted by Crippen LogP contribution is -2.36. The van der Waals surface area contributed by atoms with Crippen molar-refractivity contribution in [1.82, 2.24) is 14.4 Å². The SMILES string of the molecule is CCn1c2ccccc2c2cc(CN3CCCC(N(C)CC(=O)O)CC3)ccc21. The minimum atomic E-state index is -0.742. The number of hydrogen-bond donors (Lipinski definition) is 1. The fourth-order valence-corrected chi connectivity index (χ4v) is 4.88. The largest absolute Gasteiger partial charge is 0.480 e. The van der Waals surface area contributed by atoms with Crippen molar-refractivity contribution < 1.29 is 9.90 Å². The van der Waals surface area contributed by atoms with Gasteiger partial charge < -0.3 is 9.67 Å². The number of aryl methyl sites for hydroxylation is 1. The Morgan fingerprint density at radius 1 is 1.10 bits per heavy atom. The maximum Gasteiger partial charge on any atom is 0.317 e. The van der Waals surface area contributed by atoms with E-state index in [4.69, 9.17) is 5.11 Å². The summed E-state index contributed by atoms with van der Waals surface area (Å²) in [6.07, 6.45) is 3.22. The highest BCUT2D eigenvalue weighted by molar-refractivity contribution is 6.08. The molecule has 1 aliphatic rings. The van der Waals surface area contributed by atoms with Gasteiger partial charge in [-0.05, 0) is 70.1 Å². The molecule has 0 spiro atoms. The first kappa shape index (κ1) is 19.9. The Morgan fingerprint density at radius 2 is 1.90 bits per heavy atom. The molecule has 2 aromatic carbocycles. The maximum absolute atomic E-state index is 11.0. The Bertz CT molecular complexity index is 1010. The summed E-state index contributed by atoms with van der Waals surface area (Å²) >= 11 is 0. The Morgan fingerprint density at radius 3 is 2.69 bits per heavy atom. The molecular formula is C24H31N3O2. The molecule has 4 rings (SSSR count). The molecule has 1 fully saturated rings. The van der Waals surface area contributed by atoms with Crippen LogP contribution in [0.4, 0.5) is 0 Å². The van der Waals surface area contributed by atoms with Gasteiger partial charge in [-0.1, -0.05) is 24.3 Å². The number of carboxylic acids is 1. The average molecular weight is 394 g/mol. The number of likely N-dealkylation sites (N-methyl/N-ethyl adjacent to an activating group) is 1. The fraction of sp³-hybridized carbons (Fsp3) is 0.458. The summed E-state index contributed by atoms with van der Waals surface area (Å²) in [5, 5.41) is 11.7. The average Bonchev–Trinajstić information content (AvgIpc) is 2.84. The monoisotopic (exact) mass is 393 g/mol. The second-order valence-electron chi connectivity index (χ2n) is 8.28. The topological polar surface area (TPSA) is 48.7 Å². The summed E-state index contributed by atoms with van der Waals surface area (Å²) in [7, 11) is 1.94. The number of benzene rings is 2. The molecule has 29 heavy (non-hydrogen) atoms. The van der Waals surface area contributed by atoms with Gasteiger partial charge in [0.05, 0.1) is 6.54 Å². The van der Waals surface area contributed by atoms with Gasteiger partial charge in [-0.3, -0.25) is 14.6 Å². The van der Waals surface area contributed by atoms with Crippen LogP contribution in [0.1, 0.15) is 31.7 Å². The number of hydrogen-bond acceptors (Lipinski definition) is 3. The van der Waals surface area contributed by atoms with Gasteiger partial charge in [-0.2, -0.15) is 0 Å². The molecule has 154 valence electrons. The molecule has 1 atom stereocenters. The van der Waals surface area contributed by atoms with Gasteiger partial charge >= 0.3 is 5.97 Å². The quantitative estimate of drug-likeness (QED) is 0.682. The first-order valence-electron chi connectivity index (χ1n) is 10.7. The van der Waals surface area contributed by atoms with Crippen LogP contribution in [-0.4, -0.2) is 58.2 Å². The second kappa shape index (κ2) is 8.56. The molecule has 2 heterocycles. The van der Waals surface area contributed by atoms with Crippen molar-refractivity contribution in [1.29, 1.82) is 0 Å². The number of aliphatic carboxylic acids is 1. The number of nitrogens with zero attached hydrogens (tertiary/aromatic N) is 3. The van der Waals surface area contributed by atoms with E-state index in [1.165, 1.54) is 27.4 Å². The van der Waals surface area contributed by atoms with E-state index in [0.717, 1.165) is 45.4 Å². The van der Waals surface area contributed by atoms with Crippen molar-refractivity contribution in [2.75, 3.05) is 26.7 Å². The van der Waals surface area contributed by atoms with Gasteiger partial charge in [0.2, 0.25) is 0 Å². The number of likely N-dealkylation sites (tertiary alicyclic amines) is 1. The number of para-hydroxylation sites is 1. The van der Waals surface area contributed by atoms with Gasteiger partial charge in [0.15, 0.2) is 0 Å². The highest BCUT2D eigenvalue weighted by Gasteiger charge is 2.22. The zero-order valence-electron chi connectivity index (χ0n) is 17.5. The molecule has 0 amide bonds. The van der Waals surface area contributed by atoms with Crippen molar-refractivity contribution in [2.45, 2.75) is 45.3 Å². The van der Waals surface area contributed by atoms with Gasteiger partial charge in [0.1, 0.15) is 0 Å². The highest BCUT2D eigenvalue weighted by Crippen LogP contribution is 2.30. The van der Waals surface area contributed by atoms with Gasteiger partial charge in [0.25, 0.3) is 0 Å². The molecule has 5 nitrogen and oxygen atoms in total. The van der Waals surface area contributed by atoms with Gasteiger partial charge in [-0.25, -0.2) is 0 Å². The van der Waals surface area contributed by atoms with Crippen molar-refractivity contribution in [3.8, 4) is 0 Å². The predicted molar refractivity (Wildman–Crippen MR) is 118 cm³/mol. The van der Waals surface area contributed by atoms with E-state index in [1.54, 1.807) is 0 Å². The zero-order chi connectivity index (χ0) is 20.4. The number of aromatic nitrogens is 1. The van der Waals surface area contributed by atoms with Crippen molar-refractivity contribution in [3.05, 3.63) is 48.0 Å². The van der Waals surface area contributed by atoms with E-state index in [1.807, 2.05) is 11.9 Å². The maximum atomic E-state index is 11.0. The van der Waals surface area contributed by atoms with Crippen LogP contribution in [-0.2, 0) is 17.9 Å². The van der Waals surface area contributed by atoms with Crippen LogP contribution in [0.2, 0.25) is 0 Å². The minimum Gasteiger partial charge on any atom is -0.480 e.